The molecule has 0 aliphatic carbocycles. The van der Waals surface area contributed by atoms with Crippen molar-refractivity contribution < 1.29 is 42.9 Å². The van der Waals surface area contributed by atoms with Crippen LogP contribution in [0.3, 0.4) is 0 Å². The molecule has 6 aromatic carbocycles. The molecule has 7 aromatic rings. The summed E-state index contributed by atoms with van der Waals surface area (Å²) in [6, 6.07) is 47.7. The third kappa shape index (κ3) is 13.5. The lowest BCUT2D eigenvalue weighted by Gasteiger charge is -2.44. The normalized spacial score (nSPS) is 18.1. The highest BCUT2D eigenvalue weighted by molar-refractivity contribution is 7.99. The third-order valence-electron chi connectivity index (χ3n) is 10.5. The van der Waals surface area contributed by atoms with Crippen LogP contribution in [0, 0.1) is 6.92 Å². The minimum atomic E-state index is -1.60. The Bertz CT molecular complexity index is 3100. The second kappa shape index (κ2) is 23.8. The van der Waals surface area contributed by atoms with Gasteiger partial charge in [0.2, 0.25) is 4.80 Å². The van der Waals surface area contributed by atoms with E-state index in [0.29, 0.717) is 26.0 Å². The number of rotatable bonds is 13. The number of carbonyl (C=O) groups excluding carboxylic acids is 4. The van der Waals surface area contributed by atoms with Gasteiger partial charge < -0.3 is 23.7 Å². The van der Waals surface area contributed by atoms with Gasteiger partial charge in [0.05, 0.1) is 44.2 Å². The number of halogens is 2. The average Bonchev–Trinajstić information content (AvgIpc) is 3.36. The molecule has 0 bridgehead atoms. The summed E-state index contributed by atoms with van der Waals surface area (Å²) >= 11 is 9.21. The Labute approximate surface area is 429 Å². The van der Waals surface area contributed by atoms with E-state index in [1.807, 2.05) is 64.1 Å². The molecule has 0 amide bonds. The average molecular weight is 1030 g/mol. The van der Waals surface area contributed by atoms with Crippen molar-refractivity contribution in [3.63, 3.8) is 0 Å². The summed E-state index contributed by atoms with van der Waals surface area (Å²) in [7, 11) is 0. The largest absolute Gasteiger partial charge is 0.459 e. The maximum Gasteiger partial charge on any atom is 0.338 e. The molecule has 8 rings (SSSR count). The fraction of sp³-hybridized carbons (Fsp3) is 0.204. The van der Waals surface area contributed by atoms with Crippen molar-refractivity contribution in [2.45, 2.75) is 68.2 Å². The number of hydrogen-bond acceptors (Lipinski definition) is 14. The predicted molar refractivity (Wildman–Crippen MR) is 274 cm³/mol. The second-order valence-electron chi connectivity index (χ2n) is 16.9. The first-order chi connectivity index (χ1) is 33.8. The quantitative estimate of drug-likeness (QED) is 0.0800. The Morgan fingerprint density at radius 1 is 0.648 bits per heavy atom. The number of aryl methyl sites for hydroxylation is 1. The lowest BCUT2D eigenvalue weighted by atomic mass is 9.98. The van der Waals surface area contributed by atoms with Crippen LogP contribution in [0.5, 0.6) is 0 Å². The first-order valence-electron chi connectivity index (χ1n) is 22.2. The number of thioether (sulfide) groups is 1. The van der Waals surface area contributed by atoms with Gasteiger partial charge >= 0.3 is 23.9 Å². The van der Waals surface area contributed by atoms with Gasteiger partial charge in [-0.05, 0) is 100 Å². The lowest BCUT2D eigenvalue weighted by Crippen LogP contribution is -2.62. The van der Waals surface area contributed by atoms with Crippen LogP contribution in [0.25, 0.3) is 5.69 Å². The van der Waals surface area contributed by atoms with E-state index in [0.717, 1.165) is 17.3 Å². The number of esters is 4. The molecule has 71 heavy (non-hydrogen) atoms. The van der Waals surface area contributed by atoms with Gasteiger partial charge in [-0.25, -0.2) is 24.2 Å². The minimum Gasteiger partial charge on any atom is -0.459 e. The zero-order valence-corrected chi connectivity index (χ0v) is 42.0. The van der Waals surface area contributed by atoms with E-state index < -0.39 is 65.9 Å². The highest BCUT2D eigenvalue weighted by Crippen LogP contribution is 2.39. The van der Waals surface area contributed by atoms with Gasteiger partial charge in [0, 0.05) is 0 Å². The Morgan fingerprint density at radius 3 is 1.62 bits per heavy atom. The van der Waals surface area contributed by atoms with Crippen molar-refractivity contribution in [1.82, 2.24) is 9.55 Å². The maximum atomic E-state index is 14.4. The first kappa shape index (κ1) is 52.0. The Hall–Kier alpha value is -6.88. The molecule has 13 nitrogen and oxygen atoms in total. The van der Waals surface area contributed by atoms with Crippen LogP contribution in [0.2, 0.25) is 5.02 Å². The molecule has 1 aliphatic rings. The van der Waals surface area contributed by atoms with E-state index in [-0.39, 0.29) is 39.8 Å². The topological polar surface area (TPSA) is 157 Å². The van der Waals surface area contributed by atoms with Gasteiger partial charge in [-0.2, -0.15) is 4.98 Å². The predicted octanol–water partition coefficient (Wildman–Crippen LogP) is 10.6. The number of benzene rings is 6. The molecule has 1 fully saturated rings. The van der Waals surface area contributed by atoms with Gasteiger partial charge in [0.25, 0.3) is 0 Å². The van der Waals surface area contributed by atoms with E-state index in [9.17, 15) is 19.2 Å². The molecule has 1 saturated heterocycles. The number of carbonyl (C=O) groups is 4. The van der Waals surface area contributed by atoms with E-state index >= 15 is 0 Å². The number of aromatic nitrogens is 2. The van der Waals surface area contributed by atoms with Crippen molar-refractivity contribution in [3.05, 3.63) is 212 Å². The molecule has 0 N–H and O–H groups in total. The summed E-state index contributed by atoms with van der Waals surface area (Å²) in [5, 5.41) is 0.584. The Kier molecular flexibility index (Phi) is 17.4. The molecule has 5 atom stereocenters. The van der Waals surface area contributed by atoms with E-state index in [4.69, 9.17) is 50.3 Å². The zero-order valence-electron chi connectivity index (χ0n) is 38.8. The van der Waals surface area contributed by atoms with Crippen molar-refractivity contribution in [3.8, 4) is 5.69 Å². The molecule has 0 spiro atoms. The number of nitrogens with zero attached hydrogens (tertiary/aromatic N) is 4. The van der Waals surface area contributed by atoms with Crippen molar-refractivity contribution in [1.29, 1.82) is 0 Å². The lowest BCUT2D eigenvalue weighted by molar-refractivity contribution is -0.207. The minimum absolute atomic E-state index is 0. The van der Waals surface area contributed by atoms with Crippen LogP contribution >= 0.6 is 47.1 Å². The van der Waals surface area contributed by atoms with Crippen LogP contribution in [-0.4, -0.2) is 75.4 Å². The maximum absolute atomic E-state index is 14.4. The van der Waals surface area contributed by atoms with Crippen LogP contribution in [0.1, 0.15) is 67.8 Å². The summed E-state index contributed by atoms with van der Waals surface area (Å²) in [4.78, 5) is 72.4. The monoisotopic (exact) mass is 1030 g/mol. The molecule has 364 valence electrons. The summed E-state index contributed by atoms with van der Waals surface area (Å²) in [5.74, 6) is -3.14. The molecule has 0 radical (unpaired) electrons. The number of ether oxygens (including phenoxy) is 5. The standard InChI is InChI=1S/C54H47ClN4O9S2.ClH/c1-34-29-31-39(32-30-34)56-51-57-52(59(41-28-18-17-27-40(41)55)53(70-51)58-54(2,3)4)69-50-45(68-49(63)38-25-15-8-16-26-38)44(67-48(62)37-23-13-7-14-24-37)43(66-47(61)36-21-11-6-12-22-36)42(65-50)33-64-46(60)35-19-9-5-10-20-35;/h5-32,42-45,50H,33H2,1-4H3;1H/t42-,43-,44+,45-,50?;/m1./s1. The molecule has 17 heteroatoms. The summed E-state index contributed by atoms with van der Waals surface area (Å²) in [5.41, 5.74) is 0.948. The fourth-order valence-electron chi connectivity index (χ4n) is 7.15. The summed E-state index contributed by atoms with van der Waals surface area (Å²) in [6.45, 7) is 7.33. The smallest absolute Gasteiger partial charge is 0.338 e. The zero-order chi connectivity index (χ0) is 49.2. The SMILES string of the molecule is Cc1ccc(N=c2nc(SC3O[C@H](COC(=O)c4ccccc4)[C@@H](OC(=O)c4ccccc4)[C@H](OC(=O)c4ccccc4)[C@H]3OC(=O)c3ccccc3)n(-c3ccccc3Cl)c(=NC(C)(C)C)s2)cc1.Cl. The van der Waals surface area contributed by atoms with E-state index in [1.54, 1.807) is 138 Å². The molecule has 0 saturated carbocycles. The van der Waals surface area contributed by atoms with Gasteiger partial charge in [0.1, 0.15) is 12.7 Å². The van der Waals surface area contributed by atoms with Crippen LogP contribution in [-0.2, 0) is 23.7 Å². The second-order valence-corrected chi connectivity index (χ2v) is 19.3. The Morgan fingerprint density at radius 2 is 1.11 bits per heavy atom. The van der Waals surface area contributed by atoms with Gasteiger partial charge in [-0.1, -0.05) is 137 Å². The molecular formula is C54H48Cl2N4O9S2. The molecule has 1 unspecified atom stereocenters. The van der Waals surface area contributed by atoms with Gasteiger partial charge in [-0.15, -0.1) is 12.4 Å². The summed E-state index contributed by atoms with van der Waals surface area (Å²) in [6.07, 6.45) is -6.05. The number of hydrogen-bond donors (Lipinski definition) is 0. The molecular weight excluding hydrogens is 984 g/mol. The first-order valence-corrected chi connectivity index (χ1v) is 24.3. The van der Waals surface area contributed by atoms with Crippen molar-refractivity contribution >= 4 is 76.7 Å². The number of para-hydroxylation sites is 1. The third-order valence-corrected chi connectivity index (χ3v) is 12.7. The van der Waals surface area contributed by atoms with Gasteiger partial charge in [-0.3, -0.25) is 9.56 Å². The van der Waals surface area contributed by atoms with Crippen LogP contribution in [0.4, 0.5) is 5.69 Å². The Balaban J connectivity index is 0.00000741. The molecule has 1 aliphatic heterocycles. The highest BCUT2D eigenvalue weighted by atomic mass is 35.5. The van der Waals surface area contributed by atoms with E-state index in [2.05, 4.69) is 0 Å². The highest BCUT2D eigenvalue weighted by Gasteiger charge is 2.54. The summed E-state index contributed by atoms with van der Waals surface area (Å²) < 4.78 is 33.7. The van der Waals surface area contributed by atoms with Crippen molar-refractivity contribution in [2.75, 3.05) is 6.61 Å². The molecule has 2 heterocycles. The van der Waals surface area contributed by atoms with Crippen LogP contribution in [0.15, 0.2) is 185 Å². The molecule has 1 aromatic heterocycles. The van der Waals surface area contributed by atoms with Crippen molar-refractivity contribution in [2.24, 2.45) is 9.98 Å². The van der Waals surface area contributed by atoms with Gasteiger partial charge in [0.15, 0.2) is 33.7 Å². The van der Waals surface area contributed by atoms with Crippen LogP contribution < -0.4 is 9.60 Å². The fourth-order valence-corrected chi connectivity index (χ4v) is 9.70. The van der Waals surface area contributed by atoms with E-state index in [1.165, 1.54) is 11.3 Å².